The molecule has 2 nitrogen and oxygen atoms in total. The smallest absolute Gasteiger partial charge is 0.103 e. The molecule has 0 saturated carbocycles. The van der Waals surface area contributed by atoms with E-state index in [0.29, 0.717) is 5.54 Å². The Kier molecular flexibility index (Phi) is 10.0. The zero-order chi connectivity index (χ0) is 25.9. The summed E-state index contributed by atoms with van der Waals surface area (Å²) in [4.78, 5) is 4.12. The fraction of sp³-hybridized carbons (Fsp3) is 0.0645. The third-order valence-electron chi connectivity index (χ3n) is 6.12. The summed E-state index contributed by atoms with van der Waals surface area (Å²) in [5.74, 6) is 1.66. The number of imidazole rings is 1. The lowest BCUT2D eigenvalue weighted by atomic mass is 9.92. The number of nitrogens with zero attached hydrogens (tertiary/aromatic N) is 2. The normalized spacial score (nSPS) is 10.8. The van der Waals surface area contributed by atoms with Gasteiger partial charge in [0.1, 0.15) is 7.85 Å². The molecule has 1 aromatic heterocycles. The van der Waals surface area contributed by atoms with Gasteiger partial charge in [-0.05, 0) is 57.6 Å². The molecule has 0 aliphatic rings. The molecule has 0 fully saturated rings. The highest BCUT2D eigenvalue weighted by Gasteiger charge is 2.15. The van der Waals surface area contributed by atoms with Gasteiger partial charge in [0.05, 0.1) is 15.8 Å². The van der Waals surface area contributed by atoms with Crippen LogP contribution in [-0.2, 0) is 6.17 Å². The van der Waals surface area contributed by atoms with Crippen molar-refractivity contribution in [3.63, 3.8) is 0 Å². The zero-order valence-electron chi connectivity index (χ0n) is 20.4. The van der Waals surface area contributed by atoms with Gasteiger partial charge in [0, 0.05) is 28.6 Å². The fourth-order valence-corrected chi connectivity index (χ4v) is 6.49. The Balaban J connectivity index is 0.000000186. The standard InChI is InChI=1S/C17H16Cl2N2Si.C14H11B/c18-15-5-1-13(2-6-15)17(14-3-7-16(19)8-4-14)22-12-21-10-9-20-11-21;15-11-14(12-7-3-1-4-8-12)13-9-5-2-6-10-13/h1-11,17H,12,22H2;1-11H. The number of hydrogen-bond donors (Lipinski definition) is 0. The average molecular weight is 537 g/mol. The third kappa shape index (κ3) is 7.84. The van der Waals surface area contributed by atoms with Crippen molar-refractivity contribution in [2.75, 3.05) is 0 Å². The molecule has 182 valence electrons. The zero-order valence-corrected chi connectivity index (χ0v) is 23.3. The van der Waals surface area contributed by atoms with E-state index in [1.165, 1.54) is 11.1 Å². The summed E-state index contributed by atoms with van der Waals surface area (Å²) in [6, 6.07) is 36.7. The first-order valence-corrected chi connectivity index (χ1v) is 14.7. The fourth-order valence-electron chi connectivity index (χ4n) is 4.21. The van der Waals surface area contributed by atoms with Crippen LogP contribution in [0.25, 0.3) is 5.57 Å². The van der Waals surface area contributed by atoms with Crippen molar-refractivity contribution < 1.29 is 0 Å². The number of hydrogen-bond acceptors (Lipinski definition) is 1. The highest BCUT2D eigenvalue weighted by atomic mass is 35.5. The molecule has 37 heavy (non-hydrogen) atoms. The van der Waals surface area contributed by atoms with Gasteiger partial charge in [-0.1, -0.05) is 108 Å². The quantitative estimate of drug-likeness (QED) is 0.199. The SMILES string of the molecule is Clc1ccc(C([SiH2]Cn2ccnc2)c2ccc(Cl)cc2)cc1.[B]C=C(c1ccccc1)c1ccccc1. The summed E-state index contributed by atoms with van der Waals surface area (Å²) in [6.07, 6.45) is 6.78. The minimum Gasteiger partial charge on any atom is -0.341 e. The Hall–Kier alpha value is -3.31. The van der Waals surface area contributed by atoms with Gasteiger partial charge in [-0.2, -0.15) is 0 Å². The monoisotopic (exact) mass is 536 g/mol. The highest BCUT2D eigenvalue weighted by molar-refractivity contribution is 6.37. The maximum absolute atomic E-state index is 6.02. The molecule has 1 heterocycles. The molecule has 5 rings (SSSR count). The lowest BCUT2D eigenvalue weighted by molar-refractivity contribution is 0.858. The molecule has 2 radical (unpaired) electrons. The van der Waals surface area contributed by atoms with E-state index in [1.807, 2.05) is 79.4 Å². The summed E-state index contributed by atoms with van der Waals surface area (Å²) in [6.45, 7) is 0. The van der Waals surface area contributed by atoms with Crippen molar-refractivity contribution in [1.82, 2.24) is 9.55 Å². The largest absolute Gasteiger partial charge is 0.341 e. The van der Waals surface area contributed by atoms with Gasteiger partial charge < -0.3 is 4.57 Å². The minimum absolute atomic E-state index is 0.428. The van der Waals surface area contributed by atoms with Crippen LogP contribution in [0, 0.1) is 0 Å². The van der Waals surface area contributed by atoms with Crippen molar-refractivity contribution in [3.05, 3.63) is 166 Å². The van der Waals surface area contributed by atoms with Crippen LogP contribution in [0.15, 0.2) is 134 Å². The maximum atomic E-state index is 6.02. The van der Waals surface area contributed by atoms with Crippen LogP contribution in [0.5, 0.6) is 0 Å². The summed E-state index contributed by atoms with van der Waals surface area (Å²) in [5.41, 5.74) is 6.43. The Labute approximate surface area is 232 Å². The molecular formula is C31H27BCl2N2Si. The molecule has 0 spiro atoms. The average Bonchev–Trinajstić information content (AvgIpc) is 3.47. The van der Waals surface area contributed by atoms with Crippen LogP contribution in [-0.4, -0.2) is 26.9 Å². The van der Waals surface area contributed by atoms with Crippen molar-refractivity contribution in [2.24, 2.45) is 0 Å². The van der Waals surface area contributed by atoms with Gasteiger partial charge in [0.15, 0.2) is 0 Å². The second kappa shape index (κ2) is 13.8. The maximum Gasteiger partial charge on any atom is 0.103 e. The Morgan fingerprint density at radius 3 is 1.65 bits per heavy atom. The van der Waals surface area contributed by atoms with E-state index in [-0.39, 0.29) is 0 Å². The van der Waals surface area contributed by atoms with Crippen molar-refractivity contribution in [3.8, 4) is 0 Å². The van der Waals surface area contributed by atoms with Crippen LogP contribution in [0.1, 0.15) is 27.8 Å². The second-order valence-electron chi connectivity index (χ2n) is 8.56. The van der Waals surface area contributed by atoms with Gasteiger partial charge in [-0.25, -0.2) is 4.98 Å². The topological polar surface area (TPSA) is 17.8 Å². The van der Waals surface area contributed by atoms with Gasteiger partial charge in [-0.3, -0.25) is 0 Å². The van der Waals surface area contributed by atoms with E-state index in [4.69, 9.17) is 31.0 Å². The number of halogens is 2. The van der Waals surface area contributed by atoms with Gasteiger partial charge in [0.2, 0.25) is 0 Å². The lowest BCUT2D eigenvalue weighted by Crippen LogP contribution is -2.15. The van der Waals surface area contributed by atoms with Crippen LogP contribution >= 0.6 is 23.2 Å². The highest BCUT2D eigenvalue weighted by Crippen LogP contribution is 2.26. The van der Waals surface area contributed by atoms with Crippen molar-refractivity contribution in [2.45, 2.75) is 11.7 Å². The minimum atomic E-state index is -0.428. The molecule has 6 heteroatoms. The first-order chi connectivity index (χ1) is 18.1. The summed E-state index contributed by atoms with van der Waals surface area (Å²) in [5, 5.41) is 1.55. The molecule has 0 bridgehead atoms. The van der Waals surface area contributed by atoms with Crippen LogP contribution < -0.4 is 0 Å². The predicted molar refractivity (Wildman–Crippen MR) is 161 cm³/mol. The third-order valence-corrected chi connectivity index (χ3v) is 8.91. The van der Waals surface area contributed by atoms with E-state index in [2.05, 4.69) is 58.1 Å². The first-order valence-electron chi connectivity index (χ1n) is 12.1. The molecule has 0 N–H and O–H groups in total. The lowest BCUT2D eigenvalue weighted by Gasteiger charge is -2.18. The molecule has 0 aliphatic heterocycles. The summed E-state index contributed by atoms with van der Waals surface area (Å²) >= 11 is 12.0. The van der Waals surface area contributed by atoms with Crippen molar-refractivity contribution >= 4 is 46.1 Å². The van der Waals surface area contributed by atoms with E-state index in [1.54, 1.807) is 5.98 Å². The predicted octanol–water partition coefficient (Wildman–Crippen LogP) is 7.35. The molecular weight excluding hydrogens is 510 g/mol. The van der Waals surface area contributed by atoms with E-state index in [0.717, 1.165) is 32.9 Å². The summed E-state index contributed by atoms with van der Waals surface area (Å²) < 4.78 is 2.16. The van der Waals surface area contributed by atoms with E-state index in [9.17, 15) is 0 Å². The van der Waals surface area contributed by atoms with E-state index < -0.39 is 9.52 Å². The first kappa shape index (κ1) is 26.7. The van der Waals surface area contributed by atoms with E-state index >= 15 is 0 Å². The Morgan fingerprint density at radius 1 is 0.757 bits per heavy atom. The molecule has 0 unspecified atom stereocenters. The molecule has 0 saturated heterocycles. The molecule has 5 aromatic rings. The molecule has 0 amide bonds. The number of rotatable bonds is 7. The van der Waals surface area contributed by atoms with Crippen LogP contribution in [0.3, 0.4) is 0 Å². The van der Waals surface area contributed by atoms with Gasteiger partial charge >= 0.3 is 0 Å². The summed E-state index contributed by atoms with van der Waals surface area (Å²) in [7, 11) is 5.25. The number of benzene rings is 4. The van der Waals surface area contributed by atoms with Gasteiger partial charge in [-0.15, -0.1) is 5.98 Å². The Morgan fingerprint density at radius 2 is 1.24 bits per heavy atom. The molecule has 0 aliphatic carbocycles. The molecule has 4 aromatic carbocycles. The second-order valence-corrected chi connectivity index (χ2v) is 11.3. The van der Waals surface area contributed by atoms with Gasteiger partial charge in [0.25, 0.3) is 0 Å². The number of aromatic nitrogens is 2. The van der Waals surface area contributed by atoms with Crippen LogP contribution in [0.2, 0.25) is 10.0 Å². The molecule has 0 atom stereocenters. The van der Waals surface area contributed by atoms with Crippen molar-refractivity contribution in [1.29, 1.82) is 0 Å². The van der Waals surface area contributed by atoms with Crippen LogP contribution in [0.4, 0.5) is 0 Å². The Bertz CT molecular complexity index is 1290.